The van der Waals surface area contributed by atoms with Crippen LogP contribution in [0.15, 0.2) is 182 Å². The summed E-state index contributed by atoms with van der Waals surface area (Å²) in [6.45, 7) is 0. The average molecular weight is 1150 g/mol. The molecule has 8 aromatic carbocycles. The Morgan fingerprint density at radius 3 is 0.380 bits per heavy atom. The second-order valence-electron chi connectivity index (χ2n) is 14.8. The Hall–Kier alpha value is -6.97. The third-order valence-corrected chi connectivity index (χ3v) is 10.6. The molecule has 0 aromatic heterocycles. The summed E-state index contributed by atoms with van der Waals surface area (Å²) in [6.07, 6.45) is 0. The van der Waals surface area contributed by atoms with E-state index in [0.717, 1.165) is 66.8 Å². The first kappa shape index (κ1) is 60.2. The predicted molar refractivity (Wildman–Crippen MR) is 232 cm³/mol. The topological polar surface area (TPSA) is 269 Å². The summed E-state index contributed by atoms with van der Waals surface area (Å²) >= 11 is 0. The Bertz CT molecular complexity index is 2580. The second-order valence-corrected chi connectivity index (χ2v) is 14.8. The number of carbonyl (C=O) groups is 6. The van der Waals surface area contributed by atoms with Crippen LogP contribution in [0.4, 0.5) is 0 Å². The van der Waals surface area contributed by atoms with E-state index in [1.165, 1.54) is 72.8 Å². The first-order valence-corrected chi connectivity index (χ1v) is 19.8. The Morgan fingerprint density at radius 2 is 0.296 bits per heavy atom. The van der Waals surface area contributed by atoms with Crippen LogP contribution in [0.3, 0.4) is 0 Å². The van der Waals surface area contributed by atoms with Crippen molar-refractivity contribution in [3.05, 3.63) is 215 Å². The molecule has 0 aliphatic rings. The van der Waals surface area contributed by atoms with Crippen molar-refractivity contribution >= 4 is 35.8 Å². The Morgan fingerprint density at radius 1 is 0.197 bits per heavy atom. The van der Waals surface area contributed by atoms with Crippen LogP contribution in [0.2, 0.25) is 0 Å². The molecular formula is C54H30O13Zn4. The molecule has 0 N–H and O–H groups in total. The maximum absolute atomic E-state index is 11.1. The maximum atomic E-state index is 11.1. The van der Waals surface area contributed by atoms with Crippen LogP contribution < -0.4 is 30.6 Å². The van der Waals surface area contributed by atoms with E-state index in [-0.39, 0.29) is 117 Å². The minimum atomic E-state index is -1.27. The fourth-order valence-corrected chi connectivity index (χ4v) is 7.05. The number of hydrogen-bond donors (Lipinski definition) is 0. The summed E-state index contributed by atoms with van der Waals surface area (Å²) in [6, 6.07) is 49.0. The molecule has 0 fully saturated rings. The summed E-state index contributed by atoms with van der Waals surface area (Å²) < 4.78 is 0. The van der Waals surface area contributed by atoms with Gasteiger partial charge in [0.1, 0.15) is 0 Å². The molecule has 0 saturated carbocycles. The number of aromatic carboxylic acids is 6. The van der Waals surface area contributed by atoms with Gasteiger partial charge >= 0.3 is 77.9 Å². The van der Waals surface area contributed by atoms with Crippen molar-refractivity contribution in [1.29, 1.82) is 0 Å². The summed E-state index contributed by atoms with van der Waals surface area (Å²) in [5.74, 6) is -7.60. The molecule has 0 atom stereocenters. The van der Waals surface area contributed by atoms with Gasteiger partial charge in [-0.15, -0.1) is 0 Å². The first-order valence-electron chi connectivity index (χ1n) is 19.8. The molecule has 0 aliphatic carbocycles. The SMILES string of the molecule is O=C([O-])c1ccc(-c2cc(-c3ccc(C(=O)[O-])cc3)cc(-c3ccc(C(=O)[O-])cc3)c2)cc1.O=C([O-])c1ccc(-c2cc(-c3ccc(C(=O)[O-])cc3)cc(-c3ccc(C(=O)[O-])cc3)c2)cc1.[O-2].[Zn+2].[Zn+2].[Zn+2].[Zn+2]. The molecule has 332 valence electrons. The van der Waals surface area contributed by atoms with Crippen LogP contribution in [0.25, 0.3) is 66.8 Å². The molecule has 8 rings (SSSR count). The largest absolute Gasteiger partial charge is 2.00 e. The van der Waals surface area contributed by atoms with Crippen molar-refractivity contribution in [3.63, 3.8) is 0 Å². The zero-order chi connectivity index (χ0) is 47.1. The van der Waals surface area contributed by atoms with Gasteiger partial charge in [0, 0.05) is 0 Å². The van der Waals surface area contributed by atoms with E-state index >= 15 is 0 Å². The molecule has 17 heteroatoms. The van der Waals surface area contributed by atoms with Gasteiger partial charge in [-0.3, -0.25) is 0 Å². The molecule has 13 nitrogen and oxygen atoms in total. The van der Waals surface area contributed by atoms with Crippen molar-refractivity contribution in [2.24, 2.45) is 0 Å². The number of benzene rings is 8. The van der Waals surface area contributed by atoms with E-state index in [9.17, 15) is 59.4 Å². The Balaban J connectivity index is 0.000000455. The minimum Gasteiger partial charge on any atom is -2.00 e. The quantitative estimate of drug-likeness (QED) is 0.159. The molecule has 8 aromatic rings. The predicted octanol–water partition coefficient (Wildman–Crippen LogP) is 3.43. The molecule has 0 radical (unpaired) electrons. The van der Waals surface area contributed by atoms with Gasteiger partial charge in [-0.2, -0.15) is 0 Å². The van der Waals surface area contributed by atoms with E-state index in [0.29, 0.717) is 0 Å². The van der Waals surface area contributed by atoms with Gasteiger partial charge in [0.25, 0.3) is 0 Å². The van der Waals surface area contributed by atoms with Gasteiger partial charge < -0.3 is 64.9 Å². The number of rotatable bonds is 12. The van der Waals surface area contributed by atoms with Crippen LogP contribution in [0.1, 0.15) is 62.1 Å². The van der Waals surface area contributed by atoms with Crippen molar-refractivity contribution < 1.29 is 143 Å². The van der Waals surface area contributed by atoms with E-state index < -0.39 is 35.8 Å². The molecule has 0 aliphatic heterocycles. The van der Waals surface area contributed by atoms with Crippen molar-refractivity contribution in [2.75, 3.05) is 0 Å². The molecule has 0 unspecified atom stereocenters. The monoisotopic (exact) mass is 1140 g/mol. The van der Waals surface area contributed by atoms with Gasteiger partial charge in [-0.25, -0.2) is 0 Å². The van der Waals surface area contributed by atoms with Gasteiger partial charge in [0.2, 0.25) is 0 Å². The summed E-state index contributed by atoms with van der Waals surface area (Å²) in [4.78, 5) is 66.4. The third kappa shape index (κ3) is 15.0. The van der Waals surface area contributed by atoms with Crippen molar-refractivity contribution in [3.8, 4) is 66.8 Å². The molecule has 0 spiro atoms. The van der Waals surface area contributed by atoms with Crippen LogP contribution in [-0.2, 0) is 83.4 Å². The Kier molecular flexibility index (Phi) is 22.8. The summed E-state index contributed by atoms with van der Waals surface area (Å²) in [7, 11) is 0. The van der Waals surface area contributed by atoms with Gasteiger partial charge in [0.05, 0.1) is 35.8 Å². The summed E-state index contributed by atoms with van der Waals surface area (Å²) in [5.41, 5.74) is 9.71. The van der Waals surface area contributed by atoms with E-state index in [4.69, 9.17) is 0 Å². The first-order chi connectivity index (χ1) is 31.6. The van der Waals surface area contributed by atoms with E-state index in [1.54, 1.807) is 72.8 Å². The van der Waals surface area contributed by atoms with Crippen LogP contribution in [0, 0.1) is 0 Å². The number of carboxylic acids is 6. The van der Waals surface area contributed by atoms with E-state index in [2.05, 4.69) is 0 Å². The molecule has 0 bridgehead atoms. The van der Waals surface area contributed by atoms with Crippen molar-refractivity contribution in [2.45, 2.75) is 0 Å². The summed E-state index contributed by atoms with van der Waals surface area (Å²) in [5, 5.41) is 66.4. The molecule has 0 saturated heterocycles. The minimum absolute atomic E-state index is 0. The van der Waals surface area contributed by atoms with Crippen LogP contribution >= 0.6 is 0 Å². The van der Waals surface area contributed by atoms with Gasteiger partial charge in [0.15, 0.2) is 0 Å². The number of carbonyl (C=O) groups excluding carboxylic acids is 6. The standard InChI is InChI=1S/2C27H18O6.O.4Zn/c2*28-25(29)19-7-1-16(2-8-19)22-13-23(17-3-9-20(10-4-17)26(30)31)15-24(14-22)18-5-11-21(12-6-18)27(32)33;;;;;/h2*1-15H,(H,28,29)(H,30,31)(H,32,33);;;;;/q;;-2;4*+2/p-6. The molecule has 71 heavy (non-hydrogen) atoms. The number of hydrogen-bond acceptors (Lipinski definition) is 12. The van der Waals surface area contributed by atoms with Crippen molar-refractivity contribution in [1.82, 2.24) is 0 Å². The molecule has 0 amide bonds. The average Bonchev–Trinajstić information content (AvgIpc) is 3.34. The maximum Gasteiger partial charge on any atom is 2.00 e. The van der Waals surface area contributed by atoms with Crippen LogP contribution in [0.5, 0.6) is 0 Å². The molecular weight excluding hydrogens is 1120 g/mol. The smallest absolute Gasteiger partial charge is 2.00 e. The number of carboxylic acid groups (broad SMARTS) is 6. The zero-order valence-corrected chi connectivity index (χ0v) is 49.3. The second kappa shape index (κ2) is 26.9. The van der Waals surface area contributed by atoms with E-state index in [1.807, 2.05) is 36.4 Å². The third-order valence-electron chi connectivity index (χ3n) is 10.6. The zero-order valence-electron chi connectivity index (χ0n) is 37.5. The van der Waals surface area contributed by atoms with Gasteiger partial charge in [-0.1, -0.05) is 146 Å². The fraction of sp³-hybridized carbons (Fsp3) is 0. The van der Waals surface area contributed by atoms with Crippen LogP contribution in [-0.4, -0.2) is 35.8 Å². The molecule has 0 heterocycles. The Labute approximate surface area is 457 Å². The van der Waals surface area contributed by atoms with Gasteiger partial charge in [-0.05, 0) is 137 Å². The normalized spacial score (nSPS) is 9.80. The fourth-order valence-electron chi connectivity index (χ4n) is 7.05.